The first-order valence-electron chi connectivity index (χ1n) is 7.84. The number of hydrogen-bond donors (Lipinski definition) is 1. The maximum atomic E-state index is 12.8. The molecule has 1 fully saturated rings. The van der Waals surface area contributed by atoms with E-state index in [4.69, 9.17) is 4.74 Å². The van der Waals surface area contributed by atoms with Gasteiger partial charge < -0.3 is 14.7 Å². The second-order valence-electron chi connectivity index (χ2n) is 6.02. The van der Waals surface area contributed by atoms with Gasteiger partial charge in [-0.2, -0.15) is 0 Å². The summed E-state index contributed by atoms with van der Waals surface area (Å²) in [7, 11) is 1.99. The van der Waals surface area contributed by atoms with Crippen molar-refractivity contribution in [1.82, 2.24) is 4.90 Å². The SMILES string of the molecule is CN1CC[C@H](OC(=O)C(O)(c2ccccc2)c2ccccc2)C1. The zero-order valence-corrected chi connectivity index (χ0v) is 13.2. The number of hydrogen-bond acceptors (Lipinski definition) is 4. The van der Waals surface area contributed by atoms with Gasteiger partial charge in [-0.05, 0) is 24.6 Å². The van der Waals surface area contributed by atoms with Gasteiger partial charge in [0.1, 0.15) is 6.10 Å². The van der Waals surface area contributed by atoms with Crippen molar-refractivity contribution in [2.75, 3.05) is 20.1 Å². The highest BCUT2D eigenvalue weighted by Crippen LogP contribution is 2.32. The summed E-state index contributed by atoms with van der Waals surface area (Å²) in [6.07, 6.45) is 0.619. The Morgan fingerprint density at radius 1 is 1.09 bits per heavy atom. The van der Waals surface area contributed by atoms with Crippen molar-refractivity contribution < 1.29 is 14.6 Å². The minimum absolute atomic E-state index is 0.175. The Labute approximate surface area is 136 Å². The van der Waals surface area contributed by atoms with E-state index in [0.29, 0.717) is 17.7 Å². The number of ether oxygens (including phenoxy) is 1. The number of benzene rings is 2. The predicted molar refractivity (Wildman–Crippen MR) is 87.9 cm³/mol. The molecule has 2 aromatic carbocycles. The monoisotopic (exact) mass is 311 g/mol. The van der Waals surface area contributed by atoms with E-state index in [1.165, 1.54) is 0 Å². The van der Waals surface area contributed by atoms with E-state index >= 15 is 0 Å². The normalized spacial score (nSPS) is 18.8. The van der Waals surface area contributed by atoms with Crippen molar-refractivity contribution >= 4 is 5.97 Å². The Morgan fingerprint density at radius 3 is 2.04 bits per heavy atom. The van der Waals surface area contributed by atoms with Gasteiger partial charge in [-0.1, -0.05) is 60.7 Å². The molecule has 0 radical (unpaired) electrons. The van der Waals surface area contributed by atoms with Gasteiger partial charge in [0.05, 0.1) is 0 Å². The summed E-state index contributed by atoms with van der Waals surface area (Å²) in [4.78, 5) is 15.0. The quantitative estimate of drug-likeness (QED) is 0.879. The van der Waals surface area contributed by atoms with Crippen molar-refractivity contribution in [3.05, 3.63) is 71.8 Å². The minimum atomic E-state index is -1.79. The average molecular weight is 311 g/mol. The number of rotatable bonds is 4. The highest BCUT2D eigenvalue weighted by Gasteiger charge is 2.43. The summed E-state index contributed by atoms with van der Waals surface area (Å²) in [5.74, 6) is -0.616. The number of likely N-dealkylation sites (N-methyl/N-ethyl adjacent to an activating group) is 1. The molecule has 23 heavy (non-hydrogen) atoms. The predicted octanol–water partition coefficient (Wildman–Crippen LogP) is 2.17. The number of carbonyl (C=O) groups is 1. The molecule has 1 aliphatic rings. The lowest BCUT2D eigenvalue weighted by Crippen LogP contribution is -2.40. The summed E-state index contributed by atoms with van der Waals surface area (Å²) < 4.78 is 5.63. The van der Waals surface area contributed by atoms with Crippen molar-refractivity contribution in [3.8, 4) is 0 Å². The second-order valence-corrected chi connectivity index (χ2v) is 6.02. The molecule has 0 amide bonds. The van der Waals surface area contributed by atoms with Crippen LogP contribution in [0.4, 0.5) is 0 Å². The van der Waals surface area contributed by atoms with Gasteiger partial charge in [-0.3, -0.25) is 0 Å². The molecular weight excluding hydrogens is 290 g/mol. The fourth-order valence-electron chi connectivity index (χ4n) is 2.99. The molecule has 4 heteroatoms. The second kappa shape index (κ2) is 6.52. The van der Waals surface area contributed by atoms with Crippen LogP contribution in [0.1, 0.15) is 17.5 Å². The first-order valence-corrected chi connectivity index (χ1v) is 7.84. The summed E-state index contributed by atoms with van der Waals surface area (Å²) in [5, 5.41) is 11.3. The summed E-state index contributed by atoms with van der Waals surface area (Å²) in [5.41, 5.74) is -0.756. The molecule has 4 nitrogen and oxygen atoms in total. The van der Waals surface area contributed by atoms with Gasteiger partial charge in [0.15, 0.2) is 0 Å². The number of carbonyl (C=O) groups excluding carboxylic acids is 1. The van der Waals surface area contributed by atoms with Crippen LogP contribution in [-0.4, -0.2) is 42.2 Å². The van der Waals surface area contributed by atoms with E-state index in [9.17, 15) is 9.90 Å². The van der Waals surface area contributed by atoms with E-state index in [2.05, 4.69) is 4.90 Å². The molecule has 0 aliphatic carbocycles. The standard InChI is InChI=1S/C19H21NO3/c1-20-13-12-17(14-20)23-18(21)19(22,15-8-4-2-5-9-15)16-10-6-3-7-11-16/h2-11,17,22H,12-14H2,1H3/t17-/m0/s1. The van der Waals surface area contributed by atoms with Gasteiger partial charge in [0.25, 0.3) is 0 Å². The fraction of sp³-hybridized carbons (Fsp3) is 0.316. The van der Waals surface area contributed by atoms with Gasteiger partial charge in [-0.25, -0.2) is 4.79 Å². The third-order valence-corrected chi connectivity index (χ3v) is 4.30. The lowest BCUT2D eigenvalue weighted by Gasteiger charge is -2.28. The van der Waals surface area contributed by atoms with Crippen LogP contribution in [0.2, 0.25) is 0 Å². The van der Waals surface area contributed by atoms with Crippen molar-refractivity contribution in [2.45, 2.75) is 18.1 Å². The third kappa shape index (κ3) is 3.14. The number of esters is 1. The molecule has 0 unspecified atom stereocenters. The molecule has 1 atom stereocenters. The Hall–Kier alpha value is -2.17. The van der Waals surface area contributed by atoms with Crippen LogP contribution >= 0.6 is 0 Å². The van der Waals surface area contributed by atoms with Gasteiger partial charge in [-0.15, -0.1) is 0 Å². The molecule has 0 aromatic heterocycles. The topological polar surface area (TPSA) is 49.8 Å². The third-order valence-electron chi connectivity index (χ3n) is 4.30. The smallest absolute Gasteiger partial charge is 0.348 e. The van der Waals surface area contributed by atoms with Crippen LogP contribution in [0.25, 0.3) is 0 Å². The Balaban J connectivity index is 1.94. The molecule has 2 aromatic rings. The van der Waals surface area contributed by atoms with Gasteiger partial charge in [0, 0.05) is 13.1 Å². The van der Waals surface area contributed by atoms with E-state index < -0.39 is 11.6 Å². The van der Waals surface area contributed by atoms with Crippen molar-refractivity contribution in [3.63, 3.8) is 0 Å². The molecule has 1 aliphatic heterocycles. The van der Waals surface area contributed by atoms with E-state index in [0.717, 1.165) is 13.0 Å². The van der Waals surface area contributed by atoms with Gasteiger partial charge >= 0.3 is 5.97 Å². The van der Waals surface area contributed by atoms with E-state index in [1.54, 1.807) is 48.5 Å². The molecule has 0 bridgehead atoms. The first kappa shape index (κ1) is 15.7. The molecule has 1 saturated heterocycles. The van der Waals surface area contributed by atoms with Gasteiger partial charge in [0.2, 0.25) is 5.60 Å². The largest absolute Gasteiger partial charge is 0.458 e. The Kier molecular flexibility index (Phi) is 4.46. The molecule has 0 spiro atoms. The van der Waals surface area contributed by atoms with E-state index in [-0.39, 0.29) is 6.10 Å². The Morgan fingerprint density at radius 2 is 1.61 bits per heavy atom. The first-order chi connectivity index (χ1) is 11.1. The lowest BCUT2D eigenvalue weighted by atomic mass is 9.86. The molecule has 1 heterocycles. The fourth-order valence-corrected chi connectivity index (χ4v) is 2.99. The zero-order valence-electron chi connectivity index (χ0n) is 13.2. The minimum Gasteiger partial charge on any atom is -0.458 e. The molecule has 120 valence electrons. The zero-order chi connectivity index (χ0) is 16.3. The number of likely N-dealkylation sites (tertiary alicyclic amines) is 1. The number of aliphatic hydroxyl groups is 1. The maximum Gasteiger partial charge on any atom is 0.348 e. The summed E-state index contributed by atoms with van der Waals surface area (Å²) in [6, 6.07) is 17.9. The highest BCUT2D eigenvalue weighted by atomic mass is 16.6. The van der Waals surface area contributed by atoms with E-state index in [1.807, 2.05) is 19.2 Å². The summed E-state index contributed by atoms with van der Waals surface area (Å²) >= 11 is 0. The van der Waals surface area contributed by atoms with Crippen LogP contribution in [0.15, 0.2) is 60.7 Å². The van der Waals surface area contributed by atoms with Crippen LogP contribution in [0.5, 0.6) is 0 Å². The number of nitrogens with zero attached hydrogens (tertiary/aromatic N) is 1. The Bertz CT molecular complexity index is 617. The van der Waals surface area contributed by atoms with Crippen molar-refractivity contribution in [2.24, 2.45) is 0 Å². The average Bonchev–Trinajstić information content (AvgIpc) is 3.00. The van der Waals surface area contributed by atoms with Crippen molar-refractivity contribution in [1.29, 1.82) is 0 Å². The van der Waals surface area contributed by atoms with Crippen LogP contribution in [-0.2, 0) is 15.1 Å². The summed E-state index contributed by atoms with van der Waals surface area (Å²) in [6.45, 7) is 1.60. The molecule has 0 saturated carbocycles. The molecule has 1 N–H and O–H groups in total. The lowest BCUT2D eigenvalue weighted by molar-refractivity contribution is -0.167. The maximum absolute atomic E-state index is 12.8. The van der Waals surface area contributed by atoms with Crippen LogP contribution in [0, 0.1) is 0 Å². The van der Waals surface area contributed by atoms with Crippen LogP contribution < -0.4 is 0 Å². The van der Waals surface area contributed by atoms with Crippen LogP contribution in [0.3, 0.4) is 0 Å². The molecular formula is C19H21NO3. The highest BCUT2D eigenvalue weighted by molar-refractivity contribution is 5.85. The molecule has 3 rings (SSSR count).